The lowest BCUT2D eigenvalue weighted by molar-refractivity contribution is 0.0905. The number of hydrogen-bond acceptors (Lipinski definition) is 2. The summed E-state index contributed by atoms with van der Waals surface area (Å²) in [6, 6.07) is 7.49. The van der Waals surface area contributed by atoms with E-state index in [0.717, 1.165) is 31.2 Å². The van der Waals surface area contributed by atoms with Crippen molar-refractivity contribution in [2.45, 2.75) is 39.5 Å². The molecule has 0 heterocycles. The number of rotatable bonds is 7. The van der Waals surface area contributed by atoms with Crippen LogP contribution >= 0.6 is 0 Å². The van der Waals surface area contributed by atoms with Crippen molar-refractivity contribution in [3.63, 3.8) is 0 Å². The van der Waals surface area contributed by atoms with Gasteiger partial charge in [-0.3, -0.25) is 4.79 Å². The molecule has 1 aromatic carbocycles. The summed E-state index contributed by atoms with van der Waals surface area (Å²) in [5.74, 6) is 1.04. The SMILES string of the molecule is CCCCC(CC)C(=O)c1ccccc1OC. The summed E-state index contributed by atoms with van der Waals surface area (Å²) in [7, 11) is 1.61. The van der Waals surface area contributed by atoms with Crippen molar-refractivity contribution in [1.82, 2.24) is 0 Å². The Hall–Kier alpha value is -1.31. The minimum Gasteiger partial charge on any atom is -0.496 e. The topological polar surface area (TPSA) is 26.3 Å². The van der Waals surface area contributed by atoms with Crippen LogP contribution in [0.4, 0.5) is 0 Å². The number of ketones is 1. The van der Waals surface area contributed by atoms with Crippen LogP contribution in [0.5, 0.6) is 5.75 Å². The highest BCUT2D eigenvalue weighted by Crippen LogP contribution is 2.25. The van der Waals surface area contributed by atoms with Crippen LogP contribution in [0.1, 0.15) is 49.9 Å². The van der Waals surface area contributed by atoms with Gasteiger partial charge in [-0.15, -0.1) is 0 Å². The van der Waals surface area contributed by atoms with Gasteiger partial charge in [-0.2, -0.15) is 0 Å². The van der Waals surface area contributed by atoms with Gasteiger partial charge in [0.05, 0.1) is 12.7 Å². The van der Waals surface area contributed by atoms with Crippen molar-refractivity contribution in [1.29, 1.82) is 0 Å². The fourth-order valence-corrected chi connectivity index (χ4v) is 2.04. The Morgan fingerprint density at radius 3 is 2.59 bits per heavy atom. The number of hydrogen-bond donors (Lipinski definition) is 0. The summed E-state index contributed by atoms with van der Waals surface area (Å²) >= 11 is 0. The van der Waals surface area contributed by atoms with E-state index < -0.39 is 0 Å². The fourth-order valence-electron chi connectivity index (χ4n) is 2.04. The van der Waals surface area contributed by atoms with Crippen LogP contribution in [0.25, 0.3) is 0 Å². The summed E-state index contributed by atoms with van der Waals surface area (Å²) in [5, 5.41) is 0. The molecule has 1 atom stereocenters. The van der Waals surface area contributed by atoms with Gasteiger partial charge in [0.1, 0.15) is 5.75 Å². The van der Waals surface area contributed by atoms with Crippen LogP contribution in [0.15, 0.2) is 24.3 Å². The lowest BCUT2D eigenvalue weighted by Gasteiger charge is -2.15. The molecule has 2 nitrogen and oxygen atoms in total. The number of carbonyl (C=O) groups is 1. The Morgan fingerprint density at radius 1 is 1.29 bits per heavy atom. The van der Waals surface area contributed by atoms with Gasteiger partial charge in [0, 0.05) is 5.92 Å². The van der Waals surface area contributed by atoms with Crippen molar-refractivity contribution in [2.24, 2.45) is 5.92 Å². The lowest BCUT2D eigenvalue weighted by atomic mass is 9.90. The molecule has 94 valence electrons. The molecule has 0 saturated carbocycles. The number of benzene rings is 1. The Bertz CT molecular complexity index is 358. The normalized spacial score (nSPS) is 12.2. The van der Waals surface area contributed by atoms with Crippen LogP contribution in [-0.4, -0.2) is 12.9 Å². The van der Waals surface area contributed by atoms with Crippen LogP contribution < -0.4 is 4.74 Å². The zero-order valence-corrected chi connectivity index (χ0v) is 11.0. The molecule has 0 aliphatic heterocycles. The minimum atomic E-state index is 0.131. The molecular weight excluding hydrogens is 212 g/mol. The molecule has 0 aromatic heterocycles. The first-order chi connectivity index (χ1) is 8.24. The van der Waals surface area contributed by atoms with Gasteiger partial charge in [0.25, 0.3) is 0 Å². The first-order valence-corrected chi connectivity index (χ1v) is 6.41. The second kappa shape index (κ2) is 7.10. The highest BCUT2D eigenvalue weighted by atomic mass is 16.5. The van der Waals surface area contributed by atoms with Gasteiger partial charge in [-0.25, -0.2) is 0 Å². The maximum Gasteiger partial charge on any atom is 0.169 e. The van der Waals surface area contributed by atoms with Crippen LogP contribution in [-0.2, 0) is 0 Å². The zero-order valence-electron chi connectivity index (χ0n) is 11.0. The third-order valence-corrected chi connectivity index (χ3v) is 3.14. The molecule has 0 fully saturated rings. The average Bonchev–Trinajstić information content (AvgIpc) is 2.39. The van der Waals surface area contributed by atoms with Crippen molar-refractivity contribution in [2.75, 3.05) is 7.11 Å². The quantitative estimate of drug-likeness (QED) is 0.664. The molecule has 1 rings (SSSR count). The average molecular weight is 234 g/mol. The fraction of sp³-hybridized carbons (Fsp3) is 0.533. The smallest absolute Gasteiger partial charge is 0.169 e. The number of unbranched alkanes of at least 4 members (excludes halogenated alkanes) is 1. The van der Waals surface area contributed by atoms with Gasteiger partial charge in [-0.05, 0) is 25.0 Å². The monoisotopic (exact) mass is 234 g/mol. The Balaban J connectivity index is 2.85. The number of carbonyl (C=O) groups excluding carboxylic acids is 1. The molecule has 0 N–H and O–H groups in total. The third kappa shape index (κ3) is 3.58. The molecule has 0 saturated heterocycles. The van der Waals surface area contributed by atoms with Crippen molar-refractivity contribution >= 4 is 5.78 Å². The van der Waals surface area contributed by atoms with Gasteiger partial charge in [0.15, 0.2) is 5.78 Å². The summed E-state index contributed by atoms with van der Waals surface area (Å²) in [6.07, 6.45) is 4.12. The van der Waals surface area contributed by atoms with E-state index in [9.17, 15) is 4.79 Å². The van der Waals surface area contributed by atoms with E-state index in [2.05, 4.69) is 13.8 Å². The van der Waals surface area contributed by atoms with E-state index in [4.69, 9.17) is 4.74 Å². The molecule has 0 aliphatic carbocycles. The first-order valence-electron chi connectivity index (χ1n) is 6.41. The van der Waals surface area contributed by atoms with Crippen molar-refractivity contribution in [3.05, 3.63) is 29.8 Å². The zero-order chi connectivity index (χ0) is 12.7. The predicted molar refractivity (Wildman–Crippen MR) is 70.6 cm³/mol. The molecule has 1 unspecified atom stereocenters. The highest BCUT2D eigenvalue weighted by Gasteiger charge is 2.20. The second-order valence-corrected chi connectivity index (χ2v) is 4.31. The Kier molecular flexibility index (Phi) is 5.75. The van der Waals surface area contributed by atoms with Crippen molar-refractivity contribution < 1.29 is 9.53 Å². The summed E-state index contributed by atoms with van der Waals surface area (Å²) in [6.45, 7) is 4.23. The lowest BCUT2D eigenvalue weighted by Crippen LogP contribution is -2.15. The van der Waals surface area contributed by atoms with Crippen LogP contribution in [0.3, 0.4) is 0 Å². The number of para-hydroxylation sites is 1. The summed E-state index contributed by atoms with van der Waals surface area (Å²) < 4.78 is 5.24. The molecule has 0 radical (unpaired) electrons. The van der Waals surface area contributed by atoms with Crippen molar-refractivity contribution in [3.8, 4) is 5.75 Å². The number of Topliss-reactive ketones (excluding diaryl/α,β-unsaturated/α-hetero) is 1. The van der Waals surface area contributed by atoms with Gasteiger partial charge in [0.2, 0.25) is 0 Å². The maximum atomic E-state index is 12.4. The van der Waals surface area contributed by atoms with E-state index in [1.54, 1.807) is 7.11 Å². The molecule has 1 aromatic rings. The summed E-state index contributed by atoms with van der Waals surface area (Å²) in [4.78, 5) is 12.4. The maximum absolute atomic E-state index is 12.4. The molecule has 0 amide bonds. The van der Waals surface area contributed by atoms with E-state index in [1.165, 1.54) is 0 Å². The molecule has 0 aliphatic rings. The van der Waals surface area contributed by atoms with Gasteiger partial charge < -0.3 is 4.74 Å². The summed E-state index contributed by atoms with van der Waals surface area (Å²) in [5.41, 5.74) is 0.720. The second-order valence-electron chi connectivity index (χ2n) is 4.31. The van der Waals surface area contributed by atoms with E-state index in [-0.39, 0.29) is 11.7 Å². The minimum absolute atomic E-state index is 0.131. The van der Waals surface area contributed by atoms with E-state index in [0.29, 0.717) is 5.75 Å². The van der Waals surface area contributed by atoms with Crippen LogP contribution in [0, 0.1) is 5.92 Å². The standard InChI is InChI=1S/C15H22O2/c1-4-6-9-12(5-2)15(16)13-10-7-8-11-14(13)17-3/h7-8,10-12H,4-6,9H2,1-3H3. The highest BCUT2D eigenvalue weighted by molar-refractivity contribution is 6.00. The van der Waals surface area contributed by atoms with E-state index >= 15 is 0 Å². The van der Waals surface area contributed by atoms with Gasteiger partial charge >= 0.3 is 0 Å². The largest absolute Gasteiger partial charge is 0.496 e. The Labute approximate surface area is 104 Å². The predicted octanol–water partition coefficient (Wildman–Crippen LogP) is 4.09. The molecule has 2 heteroatoms. The molecule has 0 spiro atoms. The Morgan fingerprint density at radius 2 is 2.00 bits per heavy atom. The number of ether oxygens (including phenoxy) is 1. The third-order valence-electron chi connectivity index (χ3n) is 3.14. The number of methoxy groups -OCH3 is 1. The first kappa shape index (κ1) is 13.8. The van der Waals surface area contributed by atoms with E-state index in [1.807, 2.05) is 24.3 Å². The molecular formula is C15H22O2. The van der Waals surface area contributed by atoms with Crippen LogP contribution in [0.2, 0.25) is 0 Å². The van der Waals surface area contributed by atoms with Gasteiger partial charge in [-0.1, -0.05) is 38.8 Å². The molecule has 0 bridgehead atoms. The molecule has 17 heavy (non-hydrogen) atoms.